The van der Waals surface area contributed by atoms with Crippen molar-refractivity contribution in [2.45, 2.75) is 33.2 Å². The summed E-state index contributed by atoms with van der Waals surface area (Å²) in [7, 11) is 0. The molecular weight excluding hydrogens is 200 g/mol. The van der Waals surface area contributed by atoms with Gasteiger partial charge in [0.05, 0.1) is 6.61 Å². The zero-order chi connectivity index (χ0) is 12.4. The van der Waals surface area contributed by atoms with Gasteiger partial charge in [0.2, 0.25) is 0 Å². The topological polar surface area (TPSA) is 116 Å². The minimum Gasteiger partial charge on any atom is -0.465 e. The van der Waals surface area contributed by atoms with Gasteiger partial charge in [0.15, 0.2) is 0 Å². The average molecular weight is 220 g/mol. The highest BCUT2D eigenvalue weighted by Crippen LogP contribution is 2.03. The van der Waals surface area contributed by atoms with Crippen molar-refractivity contribution >= 4 is 12.1 Å². The summed E-state index contributed by atoms with van der Waals surface area (Å²) in [4.78, 5) is 19.7. The predicted molar refractivity (Wildman–Crippen MR) is 56.3 cm³/mol. The monoisotopic (exact) mass is 220 g/mol. The molecule has 0 aliphatic rings. The molecule has 0 fully saturated rings. The van der Waals surface area contributed by atoms with Crippen LogP contribution in [0.4, 0.5) is 4.79 Å². The Bertz CT molecular complexity index is 191. The second kappa shape index (κ2) is 9.26. The summed E-state index contributed by atoms with van der Waals surface area (Å²) < 4.78 is 4.74. The van der Waals surface area contributed by atoms with Crippen molar-refractivity contribution < 1.29 is 19.4 Å². The van der Waals surface area contributed by atoms with Crippen LogP contribution >= 0.6 is 0 Å². The Morgan fingerprint density at radius 2 is 1.80 bits per heavy atom. The van der Waals surface area contributed by atoms with Crippen molar-refractivity contribution in [3.63, 3.8) is 0 Å². The normalized spacial score (nSPS) is 11.3. The highest BCUT2D eigenvalue weighted by atomic mass is 16.5. The maximum absolute atomic E-state index is 10.9. The number of carbonyl (C=O) groups is 2. The molecule has 0 aromatic rings. The van der Waals surface area contributed by atoms with E-state index in [1.54, 1.807) is 6.92 Å². The standard InChI is InChI=1S/C8H17NO2.CH3NO2/c1-4-11-8(10)7(9)5-6(2)3;2-1(3)4/h6-7H,4-5,9H2,1-3H3;2H2,(H,3,4)/t7-;/m0./s1. The number of carbonyl (C=O) groups excluding carboxylic acids is 1. The first kappa shape index (κ1) is 16.1. The van der Waals surface area contributed by atoms with Gasteiger partial charge in [-0.3, -0.25) is 4.79 Å². The molecule has 0 rings (SSSR count). The molecule has 0 aliphatic carbocycles. The van der Waals surface area contributed by atoms with Crippen molar-refractivity contribution in [1.82, 2.24) is 0 Å². The molecule has 0 saturated carbocycles. The number of ether oxygens (including phenoxy) is 1. The van der Waals surface area contributed by atoms with Crippen molar-refractivity contribution in [3.05, 3.63) is 0 Å². The summed E-state index contributed by atoms with van der Waals surface area (Å²) >= 11 is 0. The quantitative estimate of drug-likeness (QED) is 0.598. The minimum absolute atomic E-state index is 0.291. The first-order chi connectivity index (χ1) is 6.81. The van der Waals surface area contributed by atoms with Crippen LogP contribution in [0.3, 0.4) is 0 Å². The second-order valence-electron chi connectivity index (χ2n) is 3.33. The van der Waals surface area contributed by atoms with Gasteiger partial charge < -0.3 is 21.3 Å². The second-order valence-corrected chi connectivity index (χ2v) is 3.33. The molecule has 0 aromatic carbocycles. The van der Waals surface area contributed by atoms with Gasteiger partial charge in [-0.2, -0.15) is 0 Å². The molecule has 0 spiro atoms. The lowest BCUT2D eigenvalue weighted by Crippen LogP contribution is -2.33. The number of hydrogen-bond donors (Lipinski definition) is 3. The number of rotatable bonds is 4. The predicted octanol–water partition coefficient (Wildman–Crippen LogP) is 0.546. The van der Waals surface area contributed by atoms with Crippen LogP contribution in [-0.4, -0.2) is 29.8 Å². The first-order valence-electron chi connectivity index (χ1n) is 4.71. The van der Waals surface area contributed by atoms with Crippen molar-refractivity contribution in [2.24, 2.45) is 17.4 Å². The molecule has 6 nitrogen and oxygen atoms in total. The molecule has 0 bridgehead atoms. The van der Waals surface area contributed by atoms with E-state index >= 15 is 0 Å². The van der Waals surface area contributed by atoms with E-state index in [1.807, 2.05) is 13.8 Å². The molecule has 5 N–H and O–H groups in total. The fraction of sp³-hybridized carbons (Fsp3) is 0.778. The van der Waals surface area contributed by atoms with Gasteiger partial charge >= 0.3 is 12.1 Å². The Labute approximate surface area is 89.6 Å². The number of hydrogen-bond acceptors (Lipinski definition) is 4. The third-order valence-electron chi connectivity index (χ3n) is 1.31. The van der Waals surface area contributed by atoms with Crippen LogP contribution < -0.4 is 11.5 Å². The summed E-state index contributed by atoms with van der Waals surface area (Å²) in [6.07, 6.45) is -0.640. The molecule has 1 atom stereocenters. The largest absolute Gasteiger partial charge is 0.465 e. The number of nitrogens with two attached hydrogens (primary N) is 2. The van der Waals surface area contributed by atoms with E-state index in [0.29, 0.717) is 18.9 Å². The lowest BCUT2D eigenvalue weighted by atomic mass is 10.1. The molecule has 1 amide bonds. The molecule has 0 heterocycles. The smallest absolute Gasteiger partial charge is 0.402 e. The van der Waals surface area contributed by atoms with Crippen molar-refractivity contribution in [2.75, 3.05) is 6.61 Å². The fourth-order valence-corrected chi connectivity index (χ4v) is 0.853. The van der Waals surface area contributed by atoms with Gasteiger partial charge in [-0.05, 0) is 19.3 Å². The highest BCUT2D eigenvalue weighted by Gasteiger charge is 2.15. The molecule has 0 unspecified atom stereocenters. The number of amides is 1. The summed E-state index contributed by atoms with van der Waals surface area (Å²) in [5.74, 6) is 0.149. The maximum Gasteiger partial charge on any atom is 0.402 e. The Hall–Kier alpha value is -1.30. The Morgan fingerprint density at radius 3 is 2.07 bits per heavy atom. The molecule has 6 heteroatoms. The molecule has 0 saturated heterocycles. The number of esters is 1. The zero-order valence-corrected chi connectivity index (χ0v) is 9.40. The summed E-state index contributed by atoms with van der Waals surface area (Å²) in [5, 5.41) is 7.19. The Balaban J connectivity index is 0. The summed E-state index contributed by atoms with van der Waals surface area (Å²) in [6, 6.07) is -0.449. The van der Waals surface area contributed by atoms with Gasteiger partial charge in [0.1, 0.15) is 6.04 Å². The Kier molecular flexibility index (Phi) is 9.97. The average Bonchev–Trinajstić information content (AvgIpc) is 2.02. The van der Waals surface area contributed by atoms with Crippen LogP contribution in [0.5, 0.6) is 0 Å². The molecular formula is C9H20N2O4. The van der Waals surface area contributed by atoms with Gasteiger partial charge in [0, 0.05) is 0 Å². The van der Waals surface area contributed by atoms with Crippen LogP contribution in [0.2, 0.25) is 0 Å². The number of primary amides is 1. The van der Waals surface area contributed by atoms with Gasteiger partial charge in [-0.25, -0.2) is 4.79 Å². The molecule has 0 aromatic heterocycles. The van der Waals surface area contributed by atoms with Gasteiger partial charge in [0.25, 0.3) is 0 Å². The first-order valence-corrected chi connectivity index (χ1v) is 4.71. The van der Waals surface area contributed by atoms with Crippen LogP contribution in [0.15, 0.2) is 0 Å². The zero-order valence-electron chi connectivity index (χ0n) is 9.40. The van der Waals surface area contributed by atoms with E-state index in [9.17, 15) is 4.79 Å². The van der Waals surface area contributed by atoms with Crippen LogP contribution in [0.25, 0.3) is 0 Å². The van der Waals surface area contributed by atoms with E-state index in [-0.39, 0.29) is 5.97 Å². The minimum atomic E-state index is -1.33. The third kappa shape index (κ3) is 15.5. The highest BCUT2D eigenvalue weighted by molar-refractivity contribution is 5.75. The van der Waals surface area contributed by atoms with Crippen LogP contribution in [0, 0.1) is 5.92 Å². The molecule has 0 radical (unpaired) electrons. The van der Waals surface area contributed by atoms with Crippen molar-refractivity contribution in [3.8, 4) is 0 Å². The van der Waals surface area contributed by atoms with E-state index in [2.05, 4.69) is 5.73 Å². The van der Waals surface area contributed by atoms with E-state index in [4.69, 9.17) is 20.4 Å². The number of carboxylic acid groups (broad SMARTS) is 1. The molecule has 0 aliphatic heterocycles. The van der Waals surface area contributed by atoms with Gasteiger partial charge in [-0.1, -0.05) is 13.8 Å². The summed E-state index contributed by atoms with van der Waals surface area (Å²) in [6.45, 7) is 6.24. The van der Waals surface area contributed by atoms with Gasteiger partial charge in [-0.15, -0.1) is 0 Å². The molecule has 90 valence electrons. The summed E-state index contributed by atoms with van der Waals surface area (Å²) in [5.41, 5.74) is 9.56. The van der Waals surface area contributed by atoms with Crippen molar-refractivity contribution in [1.29, 1.82) is 0 Å². The van der Waals surface area contributed by atoms with E-state index in [0.717, 1.165) is 0 Å². The fourth-order valence-electron chi connectivity index (χ4n) is 0.853. The Morgan fingerprint density at radius 1 is 1.40 bits per heavy atom. The third-order valence-corrected chi connectivity index (χ3v) is 1.31. The maximum atomic E-state index is 10.9. The lowest BCUT2D eigenvalue weighted by molar-refractivity contribution is -0.145. The van der Waals surface area contributed by atoms with Crippen LogP contribution in [0.1, 0.15) is 27.2 Å². The van der Waals surface area contributed by atoms with E-state index in [1.165, 1.54) is 0 Å². The van der Waals surface area contributed by atoms with Crippen LogP contribution in [-0.2, 0) is 9.53 Å². The lowest BCUT2D eigenvalue weighted by Gasteiger charge is -2.11. The van der Waals surface area contributed by atoms with E-state index < -0.39 is 12.1 Å². The SMILES string of the molecule is CCOC(=O)[C@@H](N)CC(C)C.NC(=O)O. The molecule has 15 heavy (non-hydrogen) atoms.